The third-order valence-electron chi connectivity index (χ3n) is 5.75. The Kier molecular flexibility index (Phi) is 6.10. The quantitative estimate of drug-likeness (QED) is 0.470. The molecule has 0 radical (unpaired) electrons. The molecule has 8 heteroatoms. The van der Waals surface area contributed by atoms with Crippen LogP contribution >= 0.6 is 0 Å². The minimum absolute atomic E-state index is 0.188. The number of morpholine rings is 1. The van der Waals surface area contributed by atoms with Gasteiger partial charge in [-0.25, -0.2) is 13.4 Å². The van der Waals surface area contributed by atoms with E-state index in [4.69, 9.17) is 9.72 Å². The number of aromatic nitrogens is 1. The predicted octanol–water partition coefficient (Wildman–Crippen LogP) is 4.18. The summed E-state index contributed by atoms with van der Waals surface area (Å²) in [4.78, 5) is 18.2. The van der Waals surface area contributed by atoms with Crippen molar-refractivity contribution in [1.29, 1.82) is 0 Å². The molecule has 4 aromatic rings. The fourth-order valence-corrected chi connectivity index (χ4v) is 5.37. The average Bonchev–Trinajstić information content (AvgIpc) is 2.89. The standard InChI is InChI=1S/C26H23N3O4S/c30-26(27-20-10-12-21(13-11-20)34(31,32)29-14-16-33-17-15-29)23-18-25(19-6-2-1-3-7-19)28-24-9-5-4-8-22(23)24/h1-13,18H,14-17H2,(H,27,30). The second kappa shape index (κ2) is 9.34. The lowest BCUT2D eigenvalue weighted by molar-refractivity contribution is 0.0730. The largest absolute Gasteiger partial charge is 0.379 e. The van der Waals surface area contributed by atoms with E-state index in [9.17, 15) is 13.2 Å². The lowest BCUT2D eigenvalue weighted by Gasteiger charge is -2.26. The van der Waals surface area contributed by atoms with Gasteiger partial charge in [-0.15, -0.1) is 0 Å². The van der Waals surface area contributed by atoms with Crippen LogP contribution in [0.2, 0.25) is 0 Å². The molecule has 1 amide bonds. The number of sulfonamides is 1. The number of benzene rings is 3. The number of hydrogen-bond donors (Lipinski definition) is 1. The SMILES string of the molecule is O=C(Nc1ccc(S(=O)(=O)N2CCOCC2)cc1)c1cc(-c2ccccc2)nc2ccccc12. The maximum absolute atomic E-state index is 13.3. The fraction of sp³-hybridized carbons (Fsp3) is 0.154. The number of hydrogen-bond acceptors (Lipinski definition) is 5. The zero-order valence-corrected chi connectivity index (χ0v) is 19.2. The van der Waals surface area contributed by atoms with Gasteiger partial charge in [-0.3, -0.25) is 4.79 Å². The second-order valence-corrected chi connectivity index (χ2v) is 9.87. The average molecular weight is 474 g/mol. The first-order valence-electron chi connectivity index (χ1n) is 11.0. The summed E-state index contributed by atoms with van der Waals surface area (Å²) in [6.45, 7) is 1.44. The van der Waals surface area contributed by atoms with Crippen LogP contribution in [0.3, 0.4) is 0 Å². The molecule has 0 saturated carbocycles. The van der Waals surface area contributed by atoms with Gasteiger partial charge in [0.25, 0.3) is 5.91 Å². The summed E-state index contributed by atoms with van der Waals surface area (Å²) in [5, 5.41) is 3.63. The number of fused-ring (bicyclic) bond motifs is 1. The first kappa shape index (κ1) is 22.2. The maximum atomic E-state index is 13.3. The van der Waals surface area contributed by atoms with Crippen LogP contribution in [0.4, 0.5) is 5.69 Å². The van der Waals surface area contributed by atoms with E-state index < -0.39 is 10.0 Å². The highest BCUT2D eigenvalue weighted by molar-refractivity contribution is 7.89. The van der Waals surface area contributed by atoms with Crippen LogP contribution in [0.15, 0.2) is 89.8 Å². The number of carbonyl (C=O) groups excluding carboxylic acids is 1. The van der Waals surface area contributed by atoms with Gasteiger partial charge in [0.05, 0.1) is 34.9 Å². The Morgan fingerprint density at radius 1 is 0.882 bits per heavy atom. The molecule has 0 unspecified atom stereocenters. The number of carbonyl (C=O) groups is 1. The lowest BCUT2D eigenvalue weighted by Crippen LogP contribution is -2.40. The van der Waals surface area contributed by atoms with Crippen molar-refractivity contribution in [2.45, 2.75) is 4.90 Å². The van der Waals surface area contributed by atoms with Crippen molar-refractivity contribution in [2.75, 3.05) is 31.6 Å². The third kappa shape index (κ3) is 4.43. The van der Waals surface area contributed by atoms with Gasteiger partial charge in [-0.2, -0.15) is 4.31 Å². The summed E-state index contributed by atoms with van der Waals surface area (Å²) in [7, 11) is -3.59. The van der Waals surface area contributed by atoms with Crippen LogP contribution in [0.5, 0.6) is 0 Å². The molecule has 1 saturated heterocycles. The third-order valence-corrected chi connectivity index (χ3v) is 7.66. The molecule has 1 N–H and O–H groups in total. The van der Waals surface area contributed by atoms with Gasteiger partial charge in [0.2, 0.25) is 10.0 Å². The second-order valence-electron chi connectivity index (χ2n) is 7.93. The Morgan fingerprint density at radius 2 is 1.56 bits per heavy atom. The Labute approximate surface area is 198 Å². The molecule has 1 aromatic heterocycles. The molecule has 34 heavy (non-hydrogen) atoms. The molecular weight excluding hydrogens is 450 g/mol. The molecule has 3 aromatic carbocycles. The van der Waals surface area contributed by atoms with Crippen LogP contribution < -0.4 is 5.32 Å². The van der Waals surface area contributed by atoms with Crippen LogP contribution in [0.25, 0.3) is 22.2 Å². The molecular formula is C26H23N3O4S. The highest BCUT2D eigenvalue weighted by Crippen LogP contribution is 2.26. The van der Waals surface area contributed by atoms with Gasteiger partial charge < -0.3 is 10.1 Å². The van der Waals surface area contributed by atoms with Crippen LogP contribution in [-0.2, 0) is 14.8 Å². The number of nitrogens with one attached hydrogen (secondary N) is 1. The van der Waals surface area contributed by atoms with Crippen molar-refractivity contribution in [3.8, 4) is 11.3 Å². The Hall–Kier alpha value is -3.59. The molecule has 0 atom stereocenters. The molecule has 0 bridgehead atoms. The highest BCUT2D eigenvalue weighted by Gasteiger charge is 2.26. The van der Waals surface area contributed by atoms with Gasteiger partial charge in [-0.1, -0.05) is 48.5 Å². The van der Waals surface area contributed by atoms with Crippen LogP contribution in [0.1, 0.15) is 10.4 Å². The minimum atomic E-state index is -3.59. The molecule has 1 fully saturated rings. The fourth-order valence-electron chi connectivity index (χ4n) is 3.96. The van der Waals surface area contributed by atoms with E-state index in [1.54, 1.807) is 18.2 Å². The zero-order valence-electron chi connectivity index (χ0n) is 18.3. The number of rotatable bonds is 5. The van der Waals surface area contributed by atoms with Gasteiger partial charge >= 0.3 is 0 Å². The van der Waals surface area contributed by atoms with Crippen molar-refractivity contribution in [1.82, 2.24) is 9.29 Å². The predicted molar refractivity (Wildman–Crippen MR) is 131 cm³/mol. The zero-order chi connectivity index (χ0) is 23.5. The summed E-state index contributed by atoms with van der Waals surface area (Å²) in [6.07, 6.45) is 0. The Bertz CT molecular complexity index is 1430. The Balaban J connectivity index is 1.43. The first-order valence-corrected chi connectivity index (χ1v) is 12.4. The van der Waals surface area contributed by atoms with Crippen molar-refractivity contribution < 1.29 is 17.9 Å². The smallest absolute Gasteiger partial charge is 0.256 e. The summed E-state index contributed by atoms with van der Waals surface area (Å²) in [5.41, 5.74) is 3.35. The van der Waals surface area contributed by atoms with Crippen molar-refractivity contribution >= 4 is 32.5 Å². The summed E-state index contributed by atoms with van der Waals surface area (Å²) < 4.78 is 32.3. The minimum Gasteiger partial charge on any atom is -0.379 e. The summed E-state index contributed by atoms with van der Waals surface area (Å²) in [6, 6.07) is 25.2. The number of nitrogens with zero attached hydrogens (tertiary/aromatic N) is 2. The van der Waals surface area contributed by atoms with E-state index >= 15 is 0 Å². The van der Waals surface area contributed by atoms with E-state index in [0.29, 0.717) is 43.2 Å². The van der Waals surface area contributed by atoms with Gasteiger partial charge in [0.1, 0.15) is 0 Å². The van der Waals surface area contributed by atoms with Gasteiger partial charge in [-0.05, 0) is 36.4 Å². The molecule has 0 aliphatic carbocycles. The molecule has 5 rings (SSSR count). The number of anilines is 1. The normalized spacial score (nSPS) is 14.7. The van der Waals surface area contributed by atoms with Crippen LogP contribution in [0, 0.1) is 0 Å². The van der Waals surface area contributed by atoms with E-state index in [1.807, 2.05) is 54.6 Å². The molecule has 1 aliphatic rings. The van der Waals surface area contributed by atoms with Crippen molar-refractivity contribution in [3.63, 3.8) is 0 Å². The monoisotopic (exact) mass is 473 g/mol. The topological polar surface area (TPSA) is 88.6 Å². The molecule has 0 spiro atoms. The van der Waals surface area contributed by atoms with Crippen LogP contribution in [-0.4, -0.2) is 49.9 Å². The summed E-state index contributed by atoms with van der Waals surface area (Å²) >= 11 is 0. The highest BCUT2D eigenvalue weighted by atomic mass is 32.2. The van der Waals surface area contributed by atoms with Crippen molar-refractivity contribution in [3.05, 3.63) is 90.5 Å². The molecule has 1 aliphatic heterocycles. The maximum Gasteiger partial charge on any atom is 0.256 e. The lowest BCUT2D eigenvalue weighted by atomic mass is 10.0. The number of ether oxygens (including phenoxy) is 1. The van der Waals surface area contributed by atoms with E-state index in [2.05, 4.69) is 5.32 Å². The molecule has 2 heterocycles. The number of pyridine rings is 1. The number of amides is 1. The van der Waals surface area contributed by atoms with Crippen molar-refractivity contribution in [2.24, 2.45) is 0 Å². The van der Waals surface area contributed by atoms with Gasteiger partial charge in [0, 0.05) is 29.7 Å². The van der Waals surface area contributed by atoms with E-state index in [0.717, 1.165) is 16.5 Å². The Morgan fingerprint density at radius 3 is 2.29 bits per heavy atom. The summed E-state index contributed by atoms with van der Waals surface area (Å²) in [5.74, 6) is -0.292. The van der Waals surface area contributed by atoms with E-state index in [-0.39, 0.29) is 10.8 Å². The van der Waals surface area contributed by atoms with E-state index in [1.165, 1.54) is 16.4 Å². The molecule has 172 valence electrons. The number of para-hydroxylation sites is 1. The molecule has 7 nitrogen and oxygen atoms in total. The van der Waals surface area contributed by atoms with Gasteiger partial charge in [0.15, 0.2) is 0 Å². The first-order chi connectivity index (χ1) is 16.5.